The number of amides is 1. The molecule has 0 atom stereocenters. The number of methoxy groups -OCH3 is 1. The molecule has 0 aromatic heterocycles. The monoisotopic (exact) mass is 560 g/mol. The summed E-state index contributed by atoms with van der Waals surface area (Å²) in [6.45, 7) is 7.32. The molecule has 6 nitrogen and oxygen atoms in total. The lowest BCUT2D eigenvalue weighted by Gasteiger charge is -2.23. The molecule has 1 aliphatic heterocycles. The van der Waals surface area contributed by atoms with E-state index in [4.69, 9.17) is 14.5 Å². The summed E-state index contributed by atoms with van der Waals surface area (Å²) in [6.07, 6.45) is 11.9. The fourth-order valence-electron chi connectivity index (χ4n) is 6.08. The average molecular weight is 561 g/mol. The molecule has 1 fully saturated rings. The first-order valence-electron chi connectivity index (χ1n) is 15.6. The van der Waals surface area contributed by atoms with Crippen molar-refractivity contribution in [2.24, 2.45) is 10.4 Å². The third-order valence-corrected chi connectivity index (χ3v) is 8.67. The number of para-hydroxylation sites is 1. The molecule has 0 saturated heterocycles. The van der Waals surface area contributed by atoms with E-state index < -0.39 is 11.0 Å². The SMILES string of the molecule is CCCCC1=NC2(CCCC2)C(=O)N1Cc1ccc(-c2ccccc2OCCCCCCC(C)(C)C(=O)OC)cc1. The van der Waals surface area contributed by atoms with Crippen molar-refractivity contribution >= 4 is 17.7 Å². The van der Waals surface area contributed by atoms with Crippen LogP contribution in [0.4, 0.5) is 0 Å². The number of ether oxygens (including phenoxy) is 2. The first kappa shape index (κ1) is 30.8. The number of esters is 1. The lowest BCUT2D eigenvalue weighted by atomic mass is 9.87. The van der Waals surface area contributed by atoms with Crippen molar-refractivity contribution in [1.29, 1.82) is 0 Å². The summed E-state index contributed by atoms with van der Waals surface area (Å²) in [4.78, 5) is 32.3. The quantitative estimate of drug-likeness (QED) is 0.163. The minimum atomic E-state index is -0.487. The second kappa shape index (κ2) is 14.2. The molecular weight excluding hydrogens is 512 g/mol. The van der Waals surface area contributed by atoms with E-state index in [1.165, 1.54) is 7.11 Å². The molecule has 0 radical (unpaired) electrons. The number of aliphatic imine (C=N–C) groups is 1. The Morgan fingerprint density at radius 2 is 1.68 bits per heavy atom. The van der Waals surface area contributed by atoms with E-state index in [0.717, 1.165) is 105 Å². The lowest BCUT2D eigenvalue weighted by molar-refractivity contribution is -0.151. The van der Waals surface area contributed by atoms with Crippen LogP contribution in [-0.2, 0) is 20.9 Å². The van der Waals surface area contributed by atoms with Crippen molar-refractivity contribution in [2.75, 3.05) is 13.7 Å². The van der Waals surface area contributed by atoms with Gasteiger partial charge in [0.15, 0.2) is 0 Å². The first-order valence-corrected chi connectivity index (χ1v) is 15.6. The van der Waals surface area contributed by atoms with Crippen LogP contribution in [0.2, 0.25) is 0 Å². The van der Waals surface area contributed by atoms with Crippen molar-refractivity contribution in [3.05, 3.63) is 54.1 Å². The van der Waals surface area contributed by atoms with Gasteiger partial charge in [0.1, 0.15) is 17.1 Å². The zero-order valence-corrected chi connectivity index (χ0v) is 25.5. The van der Waals surface area contributed by atoms with Crippen LogP contribution in [0.3, 0.4) is 0 Å². The van der Waals surface area contributed by atoms with Gasteiger partial charge in [0.2, 0.25) is 0 Å². The van der Waals surface area contributed by atoms with Crippen LogP contribution in [0.1, 0.15) is 103 Å². The maximum Gasteiger partial charge on any atom is 0.311 e. The van der Waals surface area contributed by atoms with Gasteiger partial charge < -0.3 is 9.47 Å². The second-order valence-electron chi connectivity index (χ2n) is 12.3. The molecule has 222 valence electrons. The molecule has 0 bridgehead atoms. The molecule has 1 amide bonds. The van der Waals surface area contributed by atoms with Gasteiger partial charge in [0.05, 0.1) is 25.7 Å². The van der Waals surface area contributed by atoms with E-state index in [9.17, 15) is 9.59 Å². The molecule has 2 aliphatic rings. The third-order valence-electron chi connectivity index (χ3n) is 8.67. The van der Waals surface area contributed by atoms with E-state index in [0.29, 0.717) is 13.2 Å². The Morgan fingerprint density at radius 3 is 2.39 bits per heavy atom. The first-order chi connectivity index (χ1) is 19.8. The third kappa shape index (κ3) is 7.58. The number of nitrogens with zero attached hydrogens (tertiary/aromatic N) is 2. The molecule has 1 spiro atoms. The van der Waals surface area contributed by atoms with Gasteiger partial charge in [-0.2, -0.15) is 0 Å². The minimum Gasteiger partial charge on any atom is -0.493 e. The Bertz CT molecular complexity index is 1190. The smallest absolute Gasteiger partial charge is 0.311 e. The number of rotatable bonds is 15. The highest BCUT2D eigenvalue weighted by atomic mass is 16.5. The van der Waals surface area contributed by atoms with Crippen LogP contribution in [0.15, 0.2) is 53.5 Å². The molecule has 2 aromatic carbocycles. The van der Waals surface area contributed by atoms with Gasteiger partial charge in [-0.05, 0) is 63.1 Å². The number of benzene rings is 2. The number of carbonyl (C=O) groups is 2. The van der Waals surface area contributed by atoms with Gasteiger partial charge in [-0.3, -0.25) is 19.5 Å². The fraction of sp³-hybridized carbons (Fsp3) is 0.571. The Hall–Kier alpha value is -3.15. The fourth-order valence-corrected chi connectivity index (χ4v) is 6.08. The molecule has 6 heteroatoms. The molecule has 1 saturated carbocycles. The molecule has 1 aliphatic carbocycles. The highest BCUT2D eigenvalue weighted by Gasteiger charge is 2.49. The number of amidine groups is 1. The van der Waals surface area contributed by atoms with Crippen molar-refractivity contribution in [3.8, 4) is 16.9 Å². The number of hydrogen-bond acceptors (Lipinski definition) is 5. The van der Waals surface area contributed by atoms with Crippen LogP contribution >= 0.6 is 0 Å². The van der Waals surface area contributed by atoms with Gasteiger partial charge >= 0.3 is 5.97 Å². The Balaban J connectivity index is 1.31. The number of hydrogen-bond donors (Lipinski definition) is 0. The van der Waals surface area contributed by atoms with E-state index in [1.807, 2.05) is 36.9 Å². The summed E-state index contributed by atoms with van der Waals surface area (Å²) in [5, 5.41) is 0. The van der Waals surface area contributed by atoms with E-state index in [1.54, 1.807) is 0 Å². The van der Waals surface area contributed by atoms with Gasteiger partial charge in [-0.25, -0.2) is 0 Å². The summed E-state index contributed by atoms with van der Waals surface area (Å²) in [5.74, 6) is 1.93. The number of carbonyl (C=O) groups excluding carboxylic acids is 2. The zero-order valence-electron chi connectivity index (χ0n) is 25.5. The number of unbranched alkanes of at least 4 members (excludes halogenated alkanes) is 4. The van der Waals surface area contributed by atoms with Crippen LogP contribution in [-0.4, -0.2) is 41.9 Å². The maximum absolute atomic E-state index is 13.5. The average Bonchev–Trinajstić information content (AvgIpc) is 3.56. The normalized spacial score (nSPS) is 16.3. The summed E-state index contributed by atoms with van der Waals surface area (Å²) in [5.41, 5.74) is 2.39. The van der Waals surface area contributed by atoms with Crippen molar-refractivity contribution < 1.29 is 19.1 Å². The summed E-state index contributed by atoms with van der Waals surface area (Å²) in [6, 6.07) is 16.7. The zero-order chi connectivity index (χ0) is 29.3. The van der Waals surface area contributed by atoms with Crippen molar-refractivity contribution in [1.82, 2.24) is 4.90 Å². The van der Waals surface area contributed by atoms with Gasteiger partial charge in [0, 0.05) is 12.0 Å². The summed E-state index contributed by atoms with van der Waals surface area (Å²) >= 11 is 0. The molecule has 41 heavy (non-hydrogen) atoms. The Kier molecular flexibility index (Phi) is 10.6. The largest absolute Gasteiger partial charge is 0.493 e. The molecule has 2 aromatic rings. The highest BCUT2D eigenvalue weighted by molar-refractivity contribution is 6.08. The Labute approximate surface area is 246 Å². The predicted molar refractivity (Wildman–Crippen MR) is 165 cm³/mol. The molecule has 1 heterocycles. The van der Waals surface area contributed by atoms with Gasteiger partial charge in [-0.15, -0.1) is 0 Å². The Morgan fingerprint density at radius 1 is 0.976 bits per heavy atom. The maximum atomic E-state index is 13.5. The molecule has 0 unspecified atom stereocenters. The minimum absolute atomic E-state index is 0.141. The highest BCUT2D eigenvalue weighted by Crippen LogP contribution is 2.40. The van der Waals surface area contributed by atoms with Crippen LogP contribution in [0, 0.1) is 5.41 Å². The predicted octanol–water partition coefficient (Wildman–Crippen LogP) is 8.13. The topological polar surface area (TPSA) is 68.2 Å². The van der Waals surface area contributed by atoms with Gasteiger partial charge in [0.25, 0.3) is 5.91 Å². The second-order valence-corrected chi connectivity index (χ2v) is 12.3. The molecule has 4 rings (SSSR count). The van der Waals surface area contributed by atoms with E-state index in [2.05, 4.69) is 37.3 Å². The van der Waals surface area contributed by atoms with Crippen molar-refractivity contribution in [2.45, 2.75) is 110 Å². The van der Waals surface area contributed by atoms with E-state index >= 15 is 0 Å². The lowest BCUT2D eigenvalue weighted by Crippen LogP contribution is -2.40. The standard InChI is InChI=1S/C35H48N2O4/c1-5-6-17-31-36-35(23-12-13-24-35)32(38)37(31)26-27-18-20-28(21-19-27)29-15-9-10-16-30(29)41-25-14-8-7-11-22-34(2,3)33(39)40-4/h9-10,15-16,18-21H,5-8,11-14,17,22-26H2,1-4H3. The summed E-state index contributed by atoms with van der Waals surface area (Å²) < 4.78 is 11.1. The van der Waals surface area contributed by atoms with Crippen LogP contribution in [0.25, 0.3) is 11.1 Å². The molecular formula is C35H48N2O4. The molecule has 0 N–H and O–H groups in total. The van der Waals surface area contributed by atoms with Crippen LogP contribution in [0.5, 0.6) is 5.75 Å². The van der Waals surface area contributed by atoms with Crippen molar-refractivity contribution in [3.63, 3.8) is 0 Å². The van der Waals surface area contributed by atoms with E-state index in [-0.39, 0.29) is 11.9 Å². The summed E-state index contributed by atoms with van der Waals surface area (Å²) in [7, 11) is 1.45. The van der Waals surface area contributed by atoms with Crippen LogP contribution < -0.4 is 4.74 Å². The van der Waals surface area contributed by atoms with Gasteiger partial charge in [-0.1, -0.05) is 87.9 Å².